The summed E-state index contributed by atoms with van der Waals surface area (Å²) >= 11 is 0. The van der Waals surface area contributed by atoms with Crippen molar-refractivity contribution >= 4 is 5.78 Å². The maximum absolute atomic E-state index is 11.5. The third kappa shape index (κ3) is 1.47. The van der Waals surface area contributed by atoms with Gasteiger partial charge in [0.05, 0.1) is 0 Å². The zero-order chi connectivity index (χ0) is 8.59. The summed E-state index contributed by atoms with van der Waals surface area (Å²) in [5.41, 5.74) is 0. The number of hydrogen-bond acceptors (Lipinski definition) is 1. The van der Waals surface area contributed by atoms with Crippen LogP contribution in [0.15, 0.2) is 0 Å². The molecule has 0 aromatic carbocycles. The molecule has 1 nitrogen and oxygen atoms in total. The van der Waals surface area contributed by atoms with Gasteiger partial charge >= 0.3 is 0 Å². The van der Waals surface area contributed by atoms with Gasteiger partial charge in [0.1, 0.15) is 5.78 Å². The molecular weight excluding hydrogens is 136 g/mol. The lowest BCUT2D eigenvalue weighted by Gasteiger charge is -2.33. The van der Waals surface area contributed by atoms with Crippen molar-refractivity contribution in [1.82, 2.24) is 0 Å². The molecule has 0 amide bonds. The van der Waals surface area contributed by atoms with Crippen LogP contribution in [0.4, 0.5) is 0 Å². The first-order valence-electron chi connectivity index (χ1n) is 4.57. The van der Waals surface area contributed by atoms with E-state index in [0.29, 0.717) is 29.5 Å². The molecule has 4 atom stereocenters. The molecule has 0 radical (unpaired) electrons. The molecule has 0 aromatic heterocycles. The minimum atomic E-state index is 0.293. The predicted molar refractivity (Wildman–Crippen MR) is 46.3 cm³/mol. The van der Waals surface area contributed by atoms with Gasteiger partial charge in [-0.25, -0.2) is 0 Å². The minimum Gasteiger partial charge on any atom is -0.299 e. The number of hydrogen-bond donors (Lipinski definition) is 0. The summed E-state index contributed by atoms with van der Waals surface area (Å²) in [6.07, 6.45) is 1.22. The maximum Gasteiger partial charge on any atom is 0.139 e. The monoisotopic (exact) mass is 154 g/mol. The predicted octanol–water partition coefficient (Wildman–Crippen LogP) is 2.50. The zero-order valence-electron chi connectivity index (χ0n) is 7.92. The van der Waals surface area contributed by atoms with Gasteiger partial charge in [-0.2, -0.15) is 0 Å². The van der Waals surface area contributed by atoms with E-state index in [4.69, 9.17) is 0 Å². The van der Waals surface area contributed by atoms with Crippen LogP contribution in [0.3, 0.4) is 0 Å². The van der Waals surface area contributed by atoms with Gasteiger partial charge in [0.2, 0.25) is 0 Å². The van der Waals surface area contributed by atoms with Crippen molar-refractivity contribution in [2.45, 2.75) is 34.1 Å². The molecule has 1 heteroatoms. The molecule has 1 aliphatic rings. The Hall–Kier alpha value is -0.330. The topological polar surface area (TPSA) is 17.1 Å². The highest BCUT2D eigenvalue weighted by Gasteiger charge is 2.34. The third-order valence-corrected chi connectivity index (χ3v) is 3.35. The van der Waals surface area contributed by atoms with E-state index in [2.05, 4.69) is 27.7 Å². The average molecular weight is 154 g/mol. The van der Waals surface area contributed by atoms with Crippen molar-refractivity contribution in [1.29, 1.82) is 0 Å². The van der Waals surface area contributed by atoms with E-state index < -0.39 is 0 Å². The molecule has 11 heavy (non-hydrogen) atoms. The summed E-state index contributed by atoms with van der Waals surface area (Å²) in [4.78, 5) is 11.5. The van der Waals surface area contributed by atoms with Gasteiger partial charge in [0.25, 0.3) is 0 Å². The molecule has 1 rings (SSSR count). The maximum atomic E-state index is 11.5. The Bertz CT molecular complexity index is 146. The lowest BCUT2D eigenvalue weighted by atomic mass is 9.70. The standard InChI is InChI=1S/C10H18O/c1-6-5-7(2)9(4)10(11)8(6)3/h6-9H,5H2,1-4H3. The lowest BCUT2D eigenvalue weighted by molar-refractivity contribution is -0.132. The molecule has 0 N–H and O–H groups in total. The van der Waals surface area contributed by atoms with Crippen molar-refractivity contribution in [3.63, 3.8) is 0 Å². The fourth-order valence-corrected chi connectivity index (χ4v) is 1.97. The first-order valence-corrected chi connectivity index (χ1v) is 4.57. The molecule has 0 bridgehead atoms. The quantitative estimate of drug-likeness (QED) is 0.524. The van der Waals surface area contributed by atoms with Crippen LogP contribution in [-0.4, -0.2) is 5.78 Å². The van der Waals surface area contributed by atoms with Crippen molar-refractivity contribution in [3.8, 4) is 0 Å². The van der Waals surface area contributed by atoms with Crippen LogP contribution in [0.25, 0.3) is 0 Å². The fourth-order valence-electron chi connectivity index (χ4n) is 1.97. The van der Waals surface area contributed by atoms with Gasteiger partial charge < -0.3 is 0 Å². The summed E-state index contributed by atoms with van der Waals surface area (Å²) < 4.78 is 0. The summed E-state index contributed by atoms with van der Waals surface area (Å²) in [7, 11) is 0. The van der Waals surface area contributed by atoms with Crippen molar-refractivity contribution in [2.24, 2.45) is 23.7 Å². The Balaban J connectivity index is 2.71. The van der Waals surface area contributed by atoms with E-state index in [0.717, 1.165) is 0 Å². The van der Waals surface area contributed by atoms with Crippen LogP contribution in [0.5, 0.6) is 0 Å². The van der Waals surface area contributed by atoms with Crippen LogP contribution in [0.2, 0.25) is 0 Å². The van der Waals surface area contributed by atoms with Crippen LogP contribution < -0.4 is 0 Å². The Morgan fingerprint density at radius 3 is 1.73 bits per heavy atom. The van der Waals surface area contributed by atoms with E-state index in [9.17, 15) is 4.79 Å². The number of ketones is 1. The minimum absolute atomic E-state index is 0.293. The van der Waals surface area contributed by atoms with Gasteiger partial charge in [-0.1, -0.05) is 27.7 Å². The second-order valence-corrected chi connectivity index (χ2v) is 4.17. The number of Topliss-reactive ketones (excluding diaryl/α,β-unsaturated/α-hetero) is 1. The molecule has 4 unspecified atom stereocenters. The fraction of sp³-hybridized carbons (Fsp3) is 0.900. The number of carbonyl (C=O) groups excluding carboxylic acids is 1. The van der Waals surface area contributed by atoms with Crippen molar-refractivity contribution in [3.05, 3.63) is 0 Å². The van der Waals surface area contributed by atoms with Crippen LogP contribution in [0, 0.1) is 23.7 Å². The smallest absolute Gasteiger partial charge is 0.139 e. The summed E-state index contributed by atoms with van der Waals surface area (Å²) in [5, 5.41) is 0. The average Bonchev–Trinajstić information content (AvgIpc) is 1.97. The molecule has 1 saturated carbocycles. The van der Waals surface area contributed by atoms with Crippen LogP contribution >= 0.6 is 0 Å². The van der Waals surface area contributed by atoms with Gasteiger partial charge in [0.15, 0.2) is 0 Å². The molecule has 1 fully saturated rings. The molecule has 0 saturated heterocycles. The lowest BCUT2D eigenvalue weighted by Crippen LogP contribution is -2.35. The third-order valence-electron chi connectivity index (χ3n) is 3.35. The summed E-state index contributed by atoms with van der Waals surface area (Å²) in [5.74, 6) is 2.24. The summed E-state index contributed by atoms with van der Waals surface area (Å²) in [6.45, 7) is 8.50. The van der Waals surface area contributed by atoms with Crippen molar-refractivity contribution < 1.29 is 4.79 Å². The highest BCUT2D eigenvalue weighted by molar-refractivity contribution is 5.84. The molecule has 0 spiro atoms. The molecule has 64 valence electrons. The second-order valence-electron chi connectivity index (χ2n) is 4.17. The molecular formula is C10H18O. The van der Waals surface area contributed by atoms with Gasteiger partial charge in [-0.05, 0) is 18.3 Å². The zero-order valence-corrected chi connectivity index (χ0v) is 7.92. The van der Waals surface area contributed by atoms with Gasteiger partial charge in [-0.3, -0.25) is 4.79 Å². The Morgan fingerprint density at radius 2 is 1.36 bits per heavy atom. The van der Waals surface area contributed by atoms with Crippen molar-refractivity contribution in [2.75, 3.05) is 0 Å². The number of carbonyl (C=O) groups is 1. The van der Waals surface area contributed by atoms with E-state index in [-0.39, 0.29) is 0 Å². The Kier molecular flexibility index (Phi) is 2.36. The van der Waals surface area contributed by atoms with Crippen LogP contribution in [-0.2, 0) is 4.79 Å². The highest BCUT2D eigenvalue weighted by atomic mass is 16.1. The number of rotatable bonds is 0. The molecule has 0 aromatic rings. The molecule has 0 aliphatic heterocycles. The highest BCUT2D eigenvalue weighted by Crippen LogP contribution is 2.34. The first-order chi connectivity index (χ1) is 5.04. The van der Waals surface area contributed by atoms with E-state index >= 15 is 0 Å². The largest absolute Gasteiger partial charge is 0.299 e. The summed E-state index contributed by atoms with van der Waals surface area (Å²) in [6, 6.07) is 0. The van der Waals surface area contributed by atoms with Gasteiger partial charge in [-0.15, -0.1) is 0 Å². The van der Waals surface area contributed by atoms with E-state index in [1.807, 2.05) is 0 Å². The van der Waals surface area contributed by atoms with Gasteiger partial charge in [0, 0.05) is 11.8 Å². The molecule has 1 aliphatic carbocycles. The second kappa shape index (κ2) is 2.96. The Morgan fingerprint density at radius 1 is 1.00 bits per heavy atom. The van der Waals surface area contributed by atoms with E-state index in [1.165, 1.54) is 6.42 Å². The SMILES string of the molecule is CC1CC(C)C(C)C(=O)C1C. The Labute approximate surface area is 69.2 Å². The first kappa shape index (κ1) is 8.76. The normalized spacial score (nSPS) is 46.0. The van der Waals surface area contributed by atoms with Crippen LogP contribution in [0.1, 0.15) is 34.1 Å². The van der Waals surface area contributed by atoms with E-state index in [1.54, 1.807) is 0 Å². The molecule has 0 heterocycles.